The predicted molar refractivity (Wildman–Crippen MR) is 60.4 cm³/mol. The molecule has 16 heavy (non-hydrogen) atoms. The van der Waals surface area contributed by atoms with Gasteiger partial charge in [-0.05, 0) is 26.4 Å². The Labute approximate surface area is 96.1 Å². The summed E-state index contributed by atoms with van der Waals surface area (Å²) in [5.41, 5.74) is 0. The van der Waals surface area contributed by atoms with Gasteiger partial charge in [0.05, 0.1) is 5.92 Å². The zero-order chi connectivity index (χ0) is 12.6. The van der Waals surface area contributed by atoms with Gasteiger partial charge in [-0.3, -0.25) is 9.59 Å². The fraction of sp³-hybridized carbons (Fsp3) is 0.818. The average molecular weight is 231 g/mol. The molecule has 0 heterocycles. The summed E-state index contributed by atoms with van der Waals surface area (Å²) in [6.07, 6.45) is 2.70. The van der Waals surface area contributed by atoms with Gasteiger partial charge in [0.25, 0.3) is 0 Å². The van der Waals surface area contributed by atoms with E-state index in [-0.39, 0.29) is 12.3 Å². The maximum Gasteiger partial charge on any atom is 0.307 e. The van der Waals surface area contributed by atoms with Crippen molar-refractivity contribution >= 4 is 11.9 Å². The van der Waals surface area contributed by atoms with Crippen molar-refractivity contribution < 1.29 is 19.8 Å². The third-order valence-corrected chi connectivity index (χ3v) is 2.44. The normalized spacial score (nSPS) is 12.7. The Morgan fingerprint density at radius 2 is 1.81 bits per heavy atom. The second kappa shape index (κ2) is 8.10. The van der Waals surface area contributed by atoms with E-state index in [1.165, 1.54) is 0 Å². The quantitative estimate of drug-likeness (QED) is 0.584. The topological polar surface area (TPSA) is 77.8 Å². The Morgan fingerprint density at radius 3 is 2.31 bits per heavy atom. The molecule has 0 fully saturated rings. The lowest BCUT2D eigenvalue weighted by atomic mass is 10.1. The minimum absolute atomic E-state index is 0.218. The number of carboxylic acids is 2. The van der Waals surface area contributed by atoms with Gasteiger partial charge in [-0.1, -0.05) is 13.3 Å². The molecule has 0 saturated heterocycles. The molecule has 0 spiro atoms. The van der Waals surface area contributed by atoms with Gasteiger partial charge in [-0.15, -0.1) is 0 Å². The van der Waals surface area contributed by atoms with Gasteiger partial charge < -0.3 is 15.1 Å². The van der Waals surface area contributed by atoms with E-state index in [2.05, 4.69) is 0 Å². The molecule has 0 aromatic carbocycles. The molecule has 2 N–H and O–H groups in total. The largest absolute Gasteiger partial charge is 0.481 e. The first-order valence-corrected chi connectivity index (χ1v) is 5.56. The van der Waals surface area contributed by atoms with Gasteiger partial charge in [-0.25, -0.2) is 0 Å². The molecule has 0 radical (unpaired) electrons. The minimum Gasteiger partial charge on any atom is -0.481 e. The van der Waals surface area contributed by atoms with Gasteiger partial charge in [0.1, 0.15) is 0 Å². The molecule has 94 valence electrons. The number of unbranched alkanes of at least 4 members (excludes halogenated alkanes) is 2. The Bertz CT molecular complexity index is 230. The van der Waals surface area contributed by atoms with Crippen molar-refractivity contribution in [3.05, 3.63) is 0 Å². The van der Waals surface area contributed by atoms with Gasteiger partial charge in [-0.2, -0.15) is 0 Å². The van der Waals surface area contributed by atoms with Crippen LogP contribution in [0.4, 0.5) is 0 Å². The molecule has 1 atom stereocenters. The number of hydrogen-bond donors (Lipinski definition) is 2. The van der Waals surface area contributed by atoms with E-state index in [9.17, 15) is 9.59 Å². The molecule has 0 aliphatic carbocycles. The molecule has 5 heteroatoms. The van der Waals surface area contributed by atoms with E-state index in [0.29, 0.717) is 13.0 Å². The SMILES string of the molecule is CC(CN(C)CCCCCC(=O)O)C(=O)O. The van der Waals surface area contributed by atoms with Crippen LogP contribution in [-0.4, -0.2) is 47.2 Å². The summed E-state index contributed by atoms with van der Waals surface area (Å²) in [7, 11) is 1.89. The van der Waals surface area contributed by atoms with Crippen LogP contribution < -0.4 is 0 Å². The molecule has 0 aromatic heterocycles. The smallest absolute Gasteiger partial charge is 0.307 e. The van der Waals surface area contributed by atoms with Crippen molar-refractivity contribution in [1.82, 2.24) is 4.90 Å². The first kappa shape index (κ1) is 14.9. The zero-order valence-electron chi connectivity index (χ0n) is 9.98. The number of carboxylic acid groups (broad SMARTS) is 2. The van der Waals surface area contributed by atoms with Crippen LogP contribution in [-0.2, 0) is 9.59 Å². The van der Waals surface area contributed by atoms with Crippen LogP contribution >= 0.6 is 0 Å². The Balaban J connectivity index is 3.47. The molecule has 1 unspecified atom stereocenters. The maximum absolute atomic E-state index is 10.6. The second-order valence-corrected chi connectivity index (χ2v) is 4.21. The fourth-order valence-electron chi connectivity index (χ4n) is 1.47. The van der Waals surface area contributed by atoms with E-state index in [0.717, 1.165) is 19.4 Å². The van der Waals surface area contributed by atoms with Crippen molar-refractivity contribution in [3.63, 3.8) is 0 Å². The van der Waals surface area contributed by atoms with Crippen molar-refractivity contribution in [2.45, 2.75) is 32.6 Å². The molecule has 0 rings (SSSR count). The number of carbonyl (C=O) groups is 2. The van der Waals surface area contributed by atoms with Crippen LogP contribution in [0.1, 0.15) is 32.6 Å². The molecular weight excluding hydrogens is 210 g/mol. The highest BCUT2D eigenvalue weighted by atomic mass is 16.4. The van der Waals surface area contributed by atoms with Crippen LogP contribution in [0.2, 0.25) is 0 Å². The molecule has 0 aliphatic rings. The maximum atomic E-state index is 10.6. The monoisotopic (exact) mass is 231 g/mol. The average Bonchev–Trinajstić information content (AvgIpc) is 2.16. The van der Waals surface area contributed by atoms with E-state index in [1.807, 2.05) is 11.9 Å². The minimum atomic E-state index is -0.780. The molecule has 0 aliphatic heterocycles. The summed E-state index contributed by atoms with van der Waals surface area (Å²) in [4.78, 5) is 22.8. The van der Waals surface area contributed by atoms with Crippen LogP contribution in [0.5, 0.6) is 0 Å². The molecule has 0 amide bonds. The highest BCUT2D eigenvalue weighted by Gasteiger charge is 2.12. The van der Waals surface area contributed by atoms with Crippen molar-refractivity contribution in [1.29, 1.82) is 0 Å². The van der Waals surface area contributed by atoms with Crippen molar-refractivity contribution in [3.8, 4) is 0 Å². The van der Waals surface area contributed by atoms with Gasteiger partial charge >= 0.3 is 11.9 Å². The summed E-state index contributed by atoms with van der Waals surface area (Å²) in [6.45, 7) is 3.04. The van der Waals surface area contributed by atoms with Crippen molar-refractivity contribution in [2.75, 3.05) is 20.1 Å². The fourth-order valence-corrected chi connectivity index (χ4v) is 1.47. The van der Waals surface area contributed by atoms with Gasteiger partial charge in [0.2, 0.25) is 0 Å². The third-order valence-electron chi connectivity index (χ3n) is 2.44. The van der Waals surface area contributed by atoms with E-state index in [4.69, 9.17) is 10.2 Å². The predicted octanol–water partition coefficient (Wildman–Crippen LogP) is 1.28. The highest BCUT2D eigenvalue weighted by Crippen LogP contribution is 2.03. The molecule has 0 saturated carbocycles. The molecule has 0 aromatic rings. The highest BCUT2D eigenvalue weighted by molar-refractivity contribution is 5.69. The molecule has 5 nitrogen and oxygen atoms in total. The standard InChI is InChI=1S/C11H21NO4/c1-9(11(15)16)8-12(2)7-5-3-4-6-10(13)14/h9H,3-8H2,1-2H3,(H,13,14)(H,15,16). The first-order chi connectivity index (χ1) is 7.43. The lowest BCUT2D eigenvalue weighted by Crippen LogP contribution is -2.29. The third kappa shape index (κ3) is 8.23. The number of nitrogens with zero attached hydrogens (tertiary/aromatic N) is 1. The van der Waals surface area contributed by atoms with Crippen LogP contribution in [0.15, 0.2) is 0 Å². The summed E-state index contributed by atoms with van der Waals surface area (Å²) in [5.74, 6) is -1.89. The Kier molecular flexibility index (Phi) is 7.54. The lowest BCUT2D eigenvalue weighted by Gasteiger charge is -2.18. The van der Waals surface area contributed by atoms with Gasteiger partial charge in [0, 0.05) is 13.0 Å². The van der Waals surface area contributed by atoms with E-state index >= 15 is 0 Å². The summed E-state index contributed by atoms with van der Waals surface area (Å²) in [6, 6.07) is 0. The number of rotatable bonds is 9. The summed E-state index contributed by atoms with van der Waals surface area (Å²) < 4.78 is 0. The summed E-state index contributed by atoms with van der Waals surface area (Å²) in [5, 5.41) is 17.1. The molecular formula is C11H21NO4. The van der Waals surface area contributed by atoms with Crippen LogP contribution in [0.3, 0.4) is 0 Å². The second-order valence-electron chi connectivity index (χ2n) is 4.21. The van der Waals surface area contributed by atoms with Crippen LogP contribution in [0.25, 0.3) is 0 Å². The van der Waals surface area contributed by atoms with E-state index in [1.54, 1.807) is 6.92 Å². The van der Waals surface area contributed by atoms with Gasteiger partial charge in [0.15, 0.2) is 0 Å². The van der Waals surface area contributed by atoms with Crippen molar-refractivity contribution in [2.24, 2.45) is 5.92 Å². The van der Waals surface area contributed by atoms with E-state index < -0.39 is 11.9 Å². The lowest BCUT2D eigenvalue weighted by molar-refractivity contribution is -0.141. The first-order valence-electron chi connectivity index (χ1n) is 5.56. The zero-order valence-corrected chi connectivity index (χ0v) is 9.98. The summed E-state index contributed by atoms with van der Waals surface area (Å²) >= 11 is 0. The number of aliphatic carboxylic acids is 2. The Morgan fingerprint density at radius 1 is 1.19 bits per heavy atom. The molecule has 0 bridgehead atoms. The number of hydrogen-bond acceptors (Lipinski definition) is 3. The van der Waals surface area contributed by atoms with Crippen LogP contribution in [0, 0.1) is 5.92 Å². The Hall–Kier alpha value is -1.10.